The molecule has 2 aliphatic heterocycles. The van der Waals surface area contributed by atoms with E-state index in [0.29, 0.717) is 32.5 Å². The van der Waals surface area contributed by atoms with Crippen molar-refractivity contribution in [2.45, 2.75) is 44.7 Å². The van der Waals surface area contributed by atoms with E-state index < -0.39 is 11.5 Å². The highest BCUT2D eigenvalue weighted by molar-refractivity contribution is 5.86. The third-order valence-corrected chi connectivity index (χ3v) is 4.34. The lowest BCUT2D eigenvalue weighted by molar-refractivity contribution is -0.143. The van der Waals surface area contributed by atoms with Crippen molar-refractivity contribution in [2.24, 2.45) is 0 Å². The van der Waals surface area contributed by atoms with Crippen molar-refractivity contribution in [3.63, 3.8) is 0 Å². The number of urea groups is 1. The zero-order valence-electron chi connectivity index (χ0n) is 11.9. The number of hydrogen-bond acceptors (Lipinski definition) is 3. The number of fused-ring (bicyclic) bond motifs is 1. The summed E-state index contributed by atoms with van der Waals surface area (Å²) in [6.07, 6.45) is 1.63. The number of piperazine rings is 1. The molecule has 2 unspecified atom stereocenters. The highest BCUT2D eigenvalue weighted by Gasteiger charge is 2.39. The third kappa shape index (κ3) is 2.57. The van der Waals surface area contributed by atoms with Crippen LogP contribution in [0.3, 0.4) is 0 Å². The van der Waals surface area contributed by atoms with E-state index in [1.54, 1.807) is 11.8 Å². The number of rotatable bonds is 3. The molecule has 2 fully saturated rings. The molecule has 2 aliphatic rings. The third-order valence-electron chi connectivity index (χ3n) is 4.34. The van der Waals surface area contributed by atoms with Crippen LogP contribution in [0.15, 0.2) is 0 Å². The number of aliphatic carboxylic acids is 1. The Morgan fingerprint density at radius 3 is 2.75 bits per heavy atom. The lowest BCUT2D eigenvalue weighted by Gasteiger charge is -2.39. The zero-order chi connectivity index (χ0) is 14.9. The van der Waals surface area contributed by atoms with Gasteiger partial charge in [0.05, 0.1) is 0 Å². The lowest BCUT2D eigenvalue weighted by Crippen LogP contribution is -2.60. The number of amides is 3. The summed E-state index contributed by atoms with van der Waals surface area (Å²) >= 11 is 0. The standard InChI is InChI=1S/C13H21N3O4/c1-3-13(2,11(18)19)14-12(20)15-6-7-16-9(8-15)4-5-10(16)17/h9H,3-8H2,1-2H3,(H,14,20)(H,18,19). The number of carboxylic acid groups (broad SMARTS) is 1. The van der Waals surface area contributed by atoms with Gasteiger partial charge in [0.15, 0.2) is 0 Å². The van der Waals surface area contributed by atoms with Gasteiger partial charge in [0.25, 0.3) is 0 Å². The SMILES string of the molecule is CCC(C)(NC(=O)N1CCN2C(=O)CCC2C1)C(=O)O. The first-order valence-corrected chi connectivity index (χ1v) is 6.97. The predicted molar refractivity (Wildman–Crippen MR) is 71.2 cm³/mol. The maximum Gasteiger partial charge on any atom is 0.329 e. The molecule has 0 aromatic rings. The maximum absolute atomic E-state index is 12.2. The van der Waals surface area contributed by atoms with E-state index >= 15 is 0 Å². The Labute approximate surface area is 117 Å². The molecule has 2 N–H and O–H groups in total. The van der Waals surface area contributed by atoms with Gasteiger partial charge in [-0.05, 0) is 19.8 Å². The molecule has 2 saturated heterocycles. The van der Waals surface area contributed by atoms with E-state index in [2.05, 4.69) is 5.32 Å². The second-order valence-electron chi connectivity index (χ2n) is 5.65. The van der Waals surface area contributed by atoms with Gasteiger partial charge in [0, 0.05) is 32.1 Å². The van der Waals surface area contributed by atoms with Crippen molar-refractivity contribution in [3.05, 3.63) is 0 Å². The molecule has 20 heavy (non-hydrogen) atoms. The summed E-state index contributed by atoms with van der Waals surface area (Å²) in [5.41, 5.74) is -1.25. The minimum Gasteiger partial charge on any atom is -0.480 e. The van der Waals surface area contributed by atoms with Gasteiger partial charge in [-0.1, -0.05) is 6.92 Å². The highest BCUT2D eigenvalue weighted by atomic mass is 16.4. The van der Waals surface area contributed by atoms with Crippen molar-refractivity contribution >= 4 is 17.9 Å². The maximum atomic E-state index is 12.2. The van der Waals surface area contributed by atoms with Gasteiger partial charge in [-0.25, -0.2) is 9.59 Å². The Hall–Kier alpha value is -1.79. The van der Waals surface area contributed by atoms with Crippen LogP contribution in [0.1, 0.15) is 33.1 Å². The molecule has 0 bridgehead atoms. The summed E-state index contributed by atoms with van der Waals surface area (Å²) in [6.45, 7) is 4.70. The molecule has 112 valence electrons. The van der Waals surface area contributed by atoms with Crippen LogP contribution in [0.5, 0.6) is 0 Å². The van der Waals surface area contributed by atoms with Crippen LogP contribution in [0, 0.1) is 0 Å². The number of carbonyl (C=O) groups excluding carboxylic acids is 2. The van der Waals surface area contributed by atoms with Crippen LogP contribution < -0.4 is 5.32 Å². The van der Waals surface area contributed by atoms with E-state index in [1.807, 2.05) is 4.90 Å². The Morgan fingerprint density at radius 2 is 2.15 bits per heavy atom. The first-order chi connectivity index (χ1) is 9.37. The zero-order valence-corrected chi connectivity index (χ0v) is 11.9. The van der Waals surface area contributed by atoms with Crippen molar-refractivity contribution in [1.82, 2.24) is 15.1 Å². The minimum absolute atomic E-state index is 0.0831. The van der Waals surface area contributed by atoms with E-state index in [-0.39, 0.29) is 18.0 Å². The molecule has 7 nitrogen and oxygen atoms in total. The predicted octanol–water partition coefficient (Wildman–Crippen LogP) is 0.256. The van der Waals surface area contributed by atoms with Crippen LogP contribution >= 0.6 is 0 Å². The largest absolute Gasteiger partial charge is 0.480 e. The fourth-order valence-corrected chi connectivity index (χ4v) is 2.66. The molecule has 0 spiro atoms. The molecular weight excluding hydrogens is 262 g/mol. The summed E-state index contributed by atoms with van der Waals surface area (Å²) in [6, 6.07) is -0.282. The molecular formula is C13H21N3O4. The fraction of sp³-hybridized carbons (Fsp3) is 0.769. The molecule has 7 heteroatoms. The number of carboxylic acids is 1. The second kappa shape index (κ2) is 5.30. The molecule has 3 amide bonds. The average molecular weight is 283 g/mol. The van der Waals surface area contributed by atoms with Gasteiger partial charge >= 0.3 is 12.0 Å². The fourth-order valence-electron chi connectivity index (χ4n) is 2.66. The normalized spacial score (nSPS) is 25.1. The smallest absolute Gasteiger partial charge is 0.329 e. The summed E-state index contributed by atoms with van der Waals surface area (Å²) in [5, 5.41) is 11.8. The summed E-state index contributed by atoms with van der Waals surface area (Å²) in [5.74, 6) is -0.887. The van der Waals surface area contributed by atoms with Crippen LogP contribution in [-0.4, -0.2) is 64.0 Å². The number of carbonyl (C=O) groups is 3. The number of nitrogens with one attached hydrogen (secondary N) is 1. The molecule has 0 aromatic heterocycles. The van der Waals surface area contributed by atoms with E-state index in [0.717, 1.165) is 6.42 Å². The molecule has 2 atom stereocenters. The van der Waals surface area contributed by atoms with E-state index in [1.165, 1.54) is 6.92 Å². The van der Waals surface area contributed by atoms with Gasteiger partial charge in [-0.15, -0.1) is 0 Å². The monoisotopic (exact) mass is 283 g/mol. The van der Waals surface area contributed by atoms with Crippen LogP contribution in [0.4, 0.5) is 4.79 Å². The number of hydrogen-bond donors (Lipinski definition) is 2. The Bertz CT molecular complexity index is 439. The Balaban J connectivity index is 1.97. The minimum atomic E-state index is -1.25. The Kier molecular flexibility index (Phi) is 3.87. The van der Waals surface area contributed by atoms with Crippen molar-refractivity contribution < 1.29 is 19.5 Å². The molecule has 2 heterocycles. The molecule has 0 aliphatic carbocycles. The van der Waals surface area contributed by atoms with E-state index in [4.69, 9.17) is 0 Å². The van der Waals surface area contributed by atoms with Gasteiger partial charge in [-0.2, -0.15) is 0 Å². The summed E-state index contributed by atoms with van der Waals surface area (Å²) < 4.78 is 0. The van der Waals surface area contributed by atoms with Crippen LogP contribution in [-0.2, 0) is 9.59 Å². The number of nitrogens with zero attached hydrogens (tertiary/aromatic N) is 2. The molecule has 2 rings (SSSR count). The topological polar surface area (TPSA) is 90.0 Å². The summed E-state index contributed by atoms with van der Waals surface area (Å²) in [7, 11) is 0. The molecule has 0 radical (unpaired) electrons. The van der Waals surface area contributed by atoms with Gasteiger partial charge in [0.1, 0.15) is 5.54 Å². The first kappa shape index (κ1) is 14.6. The quantitative estimate of drug-likeness (QED) is 0.777. The van der Waals surface area contributed by atoms with Crippen LogP contribution in [0.25, 0.3) is 0 Å². The summed E-state index contributed by atoms with van der Waals surface area (Å²) in [4.78, 5) is 38.4. The Morgan fingerprint density at radius 1 is 1.45 bits per heavy atom. The van der Waals surface area contributed by atoms with Gasteiger partial charge < -0.3 is 20.2 Å². The van der Waals surface area contributed by atoms with Gasteiger partial charge in [-0.3, -0.25) is 4.79 Å². The molecule has 0 saturated carbocycles. The van der Waals surface area contributed by atoms with Crippen molar-refractivity contribution in [1.29, 1.82) is 0 Å². The van der Waals surface area contributed by atoms with Gasteiger partial charge in [0.2, 0.25) is 5.91 Å². The van der Waals surface area contributed by atoms with Crippen molar-refractivity contribution in [2.75, 3.05) is 19.6 Å². The lowest BCUT2D eigenvalue weighted by atomic mass is 9.99. The molecule has 0 aromatic carbocycles. The first-order valence-electron chi connectivity index (χ1n) is 6.97. The highest BCUT2D eigenvalue weighted by Crippen LogP contribution is 2.23. The second-order valence-corrected chi connectivity index (χ2v) is 5.65. The van der Waals surface area contributed by atoms with Crippen LogP contribution in [0.2, 0.25) is 0 Å². The van der Waals surface area contributed by atoms with Crippen molar-refractivity contribution in [3.8, 4) is 0 Å². The average Bonchev–Trinajstić information content (AvgIpc) is 2.79. The van der Waals surface area contributed by atoms with E-state index in [9.17, 15) is 19.5 Å².